The average molecular weight is 512 g/mol. The number of carbonyl (C=O) groups is 2. The van der Waals surface area contributed by atoms with Gasteiger partial charge in [0.1, 0.15) is 24.4 Å². The smallest absolute Gasteiger partial charge is 0.281 e. The van der Waals surface area contributed by atoms with E-state index in [1.165, 1.54) is 18.1 Å². The first kappa shape index (κ1) is 24.8. The third-order valence-corrected chi connectivity index (χ3v) is 7.62. The summed E-state index contributed by atoms with van der Waals surface area (Å²) >= 11 is 1.38. The van der Waals surface area contributed by atoms with Crippen molar-refractivity contribution in [1.82, 2.24) is 14.9 Å². The molecule has 5 rings (SSSR count). The summed E-state index contributed by atoms with van der Waals surface area (Å²) in [5.41, 5.74) is 3.03. The summed E-state index contributed by atoms with van der Waals surface area (Å²) in [6.07, 6.45) is 5.36. The van der Waals surface area contributed by atoms with Gasteiger partial charge < -0.3 is 24.6 Å². The van der Waals surface area contributed by atoms with E-state index in [-0.39, 0.29) is 23.4 Å². The van der Waals surface area contributed by atoms with Crippen LogP contribution in [-0.4, -0.2) is 69.7 Å². The summed E-state index contributed by atoms with van der Waals surface area (Å²) < 4.78 is 11.7. The van der Waals surface area contributed by atoms with E-state index >= 15 is 0 Å². The molecular weight excluding hydrogens is 478 g/mol. The van der Waals surface area contributed by atoms with Crippen LogP contribution in [0.4, 0.5) is 22.0 Å². The standard InChI is InChI=1S/C26H33N5O4S/c1-17(2)36-26(33)30-10-8-20(9-11-30)35-24-15-23(27-16-28-24)31-12-7-18-14-19(5-6-21(18)31)29-25(32)22-4-3-13-34-22/h5-6,14-17,20,22H,3-4,7-13H2,1-2H3,(H,29,32)/t22-/m0/s1. The van der Waals surface area contributed by atoms with Crippen LogP contribution in [0.5, 0.6) is 5.88 Å². The number of piperidine rings is 1. The van der Waals surface area contributed by atoms with Gasteiger partial charge in [0.2, 0.25) is 5.88 Å². The van der Waals surface area contributed by atoms with Gasteiger partial charge in [-0.15, -0.1) is 0 Å². The lowest BCUT2D eigenvalue weighted by atomic mass is 10.1. The van der Waals surface area contributed by atoms with Crippen molar-refractivity contribution in [2.24, 2.45) is 0 Å². The van der Waals surface area contributed by atoms with E-state index in [1.807, 2.05) is 43.0 Å². The van der Waals surface area contributed by atoms with E-state index in [0.29, 0.717) is 30.8 Å². The van der Waals surface area contributed by atoms with Gasteiger partial charge in [-0.05, 0) is 43.0 Å². The van der Waals surface area contributed by atoms with Crippen molar-refractivity contribution in [3.8, 4) is 5.88 Å². The maximum Gasteiger partial charge on any atom is 0.281 e. The number of rotatable bonds is 6. The van der Waals surface area contributed by atoms with Crippen molar-refractivity contribution in [3.63, 3.8) is 0 Å². The molecule has 2 amide bonds. The molecule has 3 aliphatic rings. The SMILES string of the molecule is CC(C)SC(=O)N1CCC(Oc2cc(N3CCc4cc(NC(=O)[C@@H]5CCCO5)ccc43)ncn2)CC1. The zero-order chi connectivity index (χ0) is 25.1. The molecule has 0 saturated carbocycles. The second kappa shape index (κ2) is 11.0. The number of nitrogens with zero attached hydrogens (tertiary/aromatic N) is 4. The highest BCUT2D eigenvalue weighted by Gasteiger charge is 2.27. The van der Waals surface area contributed by atoms with Gasteiger partial charge in [0.05, 0.1) is 0 Å². The van der Waals surface area contributed by atoms with Gasteiger partial charge in [-0.25, -0.2) is 9.97 Å². The van der Waals surface area contributed by atoms with E-state index in [9.17, 15) is 9.59 Å². The first-order valence-electron chi connectivity index (χ1n) is 12.7. The minimum atomic E-state index is -0.346. The summed E-state index contributed by atoms with van der Waals surface area (Å²) in [5.74, 6) is 1.26. The Kier molecular flexibility index (Phi) is 7.62. The summed E-state index contributed by atoms with van der Waals surface area (Å²) in [7, 11) is 0. The molecule has 10 heteroatoms. The highest BCUT2D eigenvalue weighted by atomic mass is 32.2. The lowest BCUT2D eigenvalue weighted by Crippen LogP contribution is -2.40. The molecule has 0 spiro atoms. The van der Waals surface area contributed by atoms with Gasteiger partial charge in [-0.1, -0.05) is 25.6 Å². The number of anilines is 3. The Labute approximate surface area is 215 Å². The van der Waals surface area contributed by atoms with Crippen LogP contribution in [0, 0.1) is 0 Å². The molecule has 4 heterocycles. The van der Waals surface area contributed by atoms with Crippen LogP contribution in [-0.2, 0) is 16.0 Å². The number of ether oxygens (including phenoxy) is 2. The van der Waals surface area contributed by atoms with Crippen LogP contribution in [0.25, 0.3) is 0 Å². The lowest BCUT2D eigenvalue weighted by molar-refractivity contribution is -0.124. The second-order valence-corrected chi connectivity index (χ2v) is 11.2. The maximum atomic E-state index is 12.4. The summed E-state index contributed by atoms with van der Waals surface area (Å²) in [6.45, 7) is 6.92. The summed E-state index contributed by atoms with van der Waals surface area (Å²) in [4.78, 5) is 37.6. The molecule has 0 aliphatic carbocycles. The number of thioether (sulfide) groups is 1. The quantitative estimate of drug-likeness (QED) is 0.610. The molecule has 36 heavy (non-hydrogen) atoms. The van der Waals surface area contributed by atoms with Crippen molar-refractivity contribution in [3.05, 3.63) is 36.2 Å². The Morgan fingerprint density at radius 1 is 1.14 bits per heavy atom. The Morgan fingerprint density at radius 3 is 2.72 bits per heavy atom. The first-order valence-corrected chi connectivity index (χ1v) is 13.6. The highest BCUT2D eigenvalue weighted by molar-refractivity contribution is 8.14. The molecule has 1 atom stereocenters. The van der Waals surface area contributed by atoms with Crippen molar-refractivity contribution in [1.29, 1.82) is 0 Å². The number of likely N-dealkylation sites (tertiary alicyclic amines) is 1. The fourth-order valence-electron chi connectivity index (χ4n) is 4.87. The molecule has 3 aliphatic heterocycles. The Bertz CT molecular complexity index is 1100. The molecular formula is C26H33N5O4S. The molecule has 0 radical (unpaired) electrons. The zero-order valence-corrected chi connectivity index (χ0v) is 21.6. The maximum absolute atomic E-state index is 12.4. The van der Waals surface area contributed by atoms with Gasteiger partial charge in [0.15, 0.2) is 0 Å². The van der Waals surface area contributed by atoms with Gasteiger partial charge in [-0.2, -0.15) is 0 Å². The van der Waals surface area contributed by atoms with Crippen LogP contribution in [0.15, 0.2) is 30.6 Å². The third-order valence-electron chi connectivity index (χ3n) is 6.69. The van der Waals surface area contributed by atoms with Crippen molar-refractivity contribution in [2.45, 2.75) is 63.4 Å². The number of amides is 2. The first-order chi connectivity index (χ1) is 17.5. The number of aromatic nitrogens is 2. The number of fused-ring (bicyclic) bond motifs is 1. The van der Waals surface area contributed by atoms with Gasteiger partial charge in [-0.3, -0.25) is 9.59 Å². The minimum absolute atomic E-state index is 0.0294. The normalized spacial score (nSPS) is 20.0. The predicted octanol–water partition coefficient (Wildman–Crippen LogP) is 4.39. The molecule has 1 aromatic carbocycles. The monoisotopic (exact) mass is 511 g/mol. The van der Waals surface area contributed by atoms with Crippen LogP contribution < -0.4 is 15.0 Å². The summed E-state index contributed by atoms with van der Waals surface area (Å²) in [5, 5.41) is 3.43. The Balaban J connectivity index is 1.19. The van der Waals surface area contributed by atoms with Gasteiger partial charge >= 0.3 is 0 Å². The van der Waals surface area contributed by atoms with Crippen LogP contribution in [0.1, 0.15) is 45.1 Å². The zero-order valence-electron chi connectivity index (χ0n) is 20.8. The van der Waals surface area contributed by atoms with Crippen LogP contribution in [0.3, 0.4) is 0 Å². The molecule has 2 saturated heterocycles. The fourth-order valence-corrected chi connectivity index (χ4v) is 5.60. The molecule has 1 aromatic heterocycles. The molecule has 2 aromatic rings. The van der Waals surface area contributed by atoms with E-state index < -0.39 is 0 Å². The molecule has 1 N–H and O–H groups in total. The van der Waals surface area contributed by atoms with Gasteiger partial charge in [0.25, 0.3) is 11.1 Å². The molecule has 0 unspecified atom stereocenters. The van der Waals surface area contributed by atoms with E-state index in [0.717, 1.165) is 61.4 Å². The Hall–Kier alpha value is -2.85. The minimum Gasteiger partial charge on any atom is -0.474 e. The van der Waals surface area contributed by atoms with Crippen molar-refractivity contribution < 1.29 is 19.1 Å². The highest BCUT2D eigenvalue weighted by Crippen LogP contribution is 2.36. The Morgan fingerprint density at radius 2 is 1.97 bits per heavy atom. The van der Waals surface area contributed by atoms with E-state index in [2.05, 4.69) is 20.2 Å². The molecule has 192 valence electrons. The van der Waals surface area contributed by atoms with E-state index in [4.69, 9.17) is 9.47 Å². The molecule has 9 nitrogen and oxygen atoms in total. The molecule has 2 fully saturated rings. The van der Waals surface area contributed by atoms with Crippen LogP contribution >= 0.6 is 11.8 Å². The number of hydrogen-bond acceptors (Lipinski definition) is 8. The average Bonchev–Trinajstić information content (AvgIpc) is 3.55. The van der Waals surface area contributed by atoms with Crippen LogP contribution in [0.2, 0.25) is 0 Å². The largest absolute Gasteiger partial charge is 0.474 e. The number of carbonyl (C=O) groups excluding carboxylic acids is 2. The second-order valence-electron chi connectivity index (χ2n) is 9.69. The third kappa shape index (κ3) is 5.75. The fraction of sp³-hybridized carbons (Fsp3) is 0.538. The van der Waals surface area contributed by atoms with Crippen molar-refractivity contribution in [2.75, 3.05) is 36.5 Å². The predicted molar refractivity (Wildman–Crippen MR) is 140 cm³/mol. The molecule has 0 bridgehead atoms. The number of nitrogens with one attached hydrogen (secondary N) is 1. The van der Waals surface area contributed by atoms with Crippen molar-refractivity contribution >= 4 is 40.1 Å². The summed E-state index contributed by atoms with van der Waals surface area (Å²) in [6, 6.07) is 7.87. The lowest BCUT2D eigenvalue weighted by Gasteiger charge is -2.32. The van der Waals surface area contributed by atoms with Gasteiger partial charge in [0, 0.05) is 61.8 Å². The number of benzene rings is 1. The van der Waals surface area contributed by atoms with E-state index in [1.54, 1.807) is 0 Å². The number of hydrogen-bond donors (Lipinski definition) is 1. The topological polar surface area (TPSA) is 96.9 Å².